The molecule has 0 aromatic heterocycles. The first-order chi connectivity index (χ1) is 5.75. The summed E-state index contributed by atoms with van der Waals surface area (Å²) in [5.41, 5.74) is 1.03. The number of benzene rings is 1. The molecule has 1 aromatic rings. The summed E-state index contributed by atoms with van der Waals surface area (Å²) in [6, 6.07) is 9.59. The minimum Gasteiger partial charge on any atom is -0.300 e. The average Bonchev–Trinajstić information content (AvgIpc) is 2.07. The highest BCUT2D eigenvalue weighted by Gasteiger charge is 2.11. The first kappa shape index (κ1) is 9.20. The van der Waals surface area contributed by atoms with Gasteiger partial charge < -0.3 is 4.90 Å². The Balaban J connectivity index is 2.80. The van der Waals surface area contributed by atoms with Gasteiger partial charge in [-0.3, -0.25) is 0 Å². The Hall–Kier alpha value is -0.890. The molecule has 0 unspecified atom stereocenters. The van der Waals surface area contributed by atoms with E-state index < -0.39 is 0 Å². The van der Waals surface area contributed by atoms with Gasteiger partial charge in [-0.1, -0.05) is 30.3 Å². The zero-order chi connectivity index (χ0) is 8.97. The van der Waals surface area contributed by atoms with Crippen molar-refractivity contribution < 1.29 is 4.39 Å². The Bertz CT molecular complexity index is 221. The minimum absolute atomic E-state index is 0.105. The molecule has 0 spiro atoms. The van der Waals surface area contributed by atoms with Crippen molar-refractivity contribution in [1.82, 2.24) is 4.90 Å². The third-order valence-electron chi connectivity index (χ3n) is 1.95. The summed E-state index contributed by atoms with van der Waals surface area (Å²) >= 11 is 0. The normalized spacial score (nSPS) is 13.3. The van der Waals surface area contributed by atoms with Crippen LogP contribution >= 0.6 is 0 Å². The SMILES string of the molecule is CN(C)[C@H](CF)c1ccccc1. The standard InChI is InChI=1S/C10H14FN/c1-12(2)10(8-11)9-6-4-3-5-7-9/h3-7,10H,8H2,1-2H3/t10-/m1/s1. The van der Waals surface area contributed by atoms with Crippen LogP contribution in [0.1, 0.15) is 11.6 Å². The topological polar surface area (TPSA) is 3.24 Å². The molecule has 0 aliphatic heterocycles. The molecule has 0 aliphatic carbocycles. The zero-order valence-electron chi connectivity index (χ0n) is 7.50. The summed E-state index contributed by atoms with van der Waals surface area (Å²) in [6.07, 6.45) is 0. The molecular weight excluding hydrogens is 153 g/mol. The van der Waals surface area contributed by atoms with Crippen LogP contribution in [0.5, 0.6) is 0 Å². The lowest BCUT2D eigenvalue weighted by molar-refractivity contribution is 0.242. The summed E-state index contributed by atoms with van der Waals surface area (Å²) in [4.78, 5) is 1.88. The van der Waals surface area contributed by atoms with Crippen molar-refractivity contribution in [1.29, 1.82) is 0 Å². The number of alkyl halides is 1. The van der Waals surface area contributed by atoms with Crippen molar-refractivity contribution in [3.63, 3.8) is 0 Å². The fraction of sp³-hybridized carbons (Fsp3) is 0.400. The van der Waals surface area contributed by atoms with Crippen LogP contribution in [-0.2, 0) is 0 Å². The van der Waals surface area contributed by atoms with Gasteiger partial charge in [-0.25, -0.2) is 4.39 Å². The minimum atomic E-state index is -0.336. The van der Waals surface area contributed by atoms with Gasteiger partial charge in [0.15, 0.2) is 0 Å². The van der Waals surface area contributed by atoms with E-state index in [1.54, 1.807) is 0 Å². The molecule has 0 saturated heterocycles. The molecule has 66 valence electrons. The van der Waals surface area contributed by atoms with Gasteiger partial charge in [-0.05, 0) is 19.7 Å². The lowest BCUT2D eigenvalue weighted by atomic mass is 10.1. The number of hydrogen-bond acceptors (Lipinski definition) is 1. The van der Waals surface area contributed by atoms with Crippen LogP contribution in [0.2, 0.25) is 0 Å². The maximum Gasteiger partial charge on any atom is 0.109 e. The van der Waals surface area contributed by atoms with E-state index >= 15 is 0 Å². The Morgan fingerprint density at radius 1 is 1.25 bits per heavy atom. The predicted octanol–water partition coefficient (Wildman–Crippen LogP) is 2.26. The van der Waals surface area contributed by atoms with Gasteiger partial charge in [0.05, 0.1) is 6.04 Å². The first-order valence-electron chi connectivity index (χ1n) is 4.03. The fourth-order valence-corrected chi connectivity index (χ4v) is 1.20. The first-order valence-corrected chi connectivity index (χ1v) is 4.03. The highest BCUT2D eigenvalue weighted by molar-refractivity contribution is 5.18. The third-order valence-corrected chi connectivity index (χ3v) is 1.95. The number of halogens is 1. The van der Waals surface area contributed by atoms with Crippen molar-refractivity contribution in [2.45, 2.75) is 6.04 Å². The summed E-state index contributed by atoms with van der Waals surface area (Å²) in [6.45, 7) is -0.336. The van der Waals surface area contributed by atoms with Gasteiger partial charge in [0.1, 0.15) is 6.67 Å². The zero-order valence-corrected chi connectivity index (χ0v) is 7.50. The van der Waals surface area contributed by atoms with E-state index in [0.29, 0.717) is 0 Å². The molecule has 0 radical (unpaired) electrons. The van der Waals surface area contributed by atoms with Crippen LogP contribution < -0.4 is 0 Å². The summed E-state index contributed by atoms with van der Waals surface area (Å²) < 4.78 is 12.6. The van der Waals surface area contributed by atoms with E-state index in [4.69, 9.17) is 0 Å². The second-order valence-electron chi connectivity index (χ2n) is 3.04. The Morgan fingerprint density at radius 3 is 2.25 bits per heavy atom. The van der Waals surface area contributed by atoms with E-state index in [2.05, 4.69) is 0 Å². The molecule has 0 heterocycles. The van der Waals surface area contributed by atoms with Crippen molar-refractivity contribution in [3.05, 3.63) is 35.9 Å². The van der Waals surface area contributed by atoms with E-state index in [1.165, 1.54) is 0 Å². The lowest BCUT2D eigenvalue weighted by Crippen LogP contribution is -2.21. The molecule has 0 fully saturated rings. The summed E-state index contributed by atoms with van der Waals surface area (Å²) in [5.74, 6) is 0. The van der Waals surface area contributed by atoms with Gasteiger partial charge in [0, 0.05) is 0 Å². The summed E-state index contributed by atoms with van der Waals surface area (Å²) in [7, 11) is 3.77. The van der Waals surface area contributed by atoms with Crippen molar-refractivity contribution >= 4 is 0 Å². The van der Waals surface area contributed by atoms with E-state index in [-0.39, 0.29) is 12.7 Å². The van der Waals surface area contributed by atoms with Gasteiger partial charge in [-0.15, -0.1) is 0 Å². The molecule has 12 heavy (non-hydrogen) atoms. The molecule has 1 aromatic carbocycles. The molecule has 0 saturated carbocycles. The predicted molar refractivity (Wildman–Crippen MR) is 48.8 cm³/mol. The van der Waals surface area contributed by atoms with Crippen LogP contribution in [0, 0.1) is 0 Å². The molecule has 0 aliphatic rings. The average molecular weight is 167 g/mol. The Kier molecular flexibility index (Phi) is 3.23. The molecular formula is C10H14FN. The van der Waals surface area contributed by atoms with Gasteiger partial charge in [-0.2, -0.15) is 0 Å². The molecule has 2 heteroatoms. The van der Waals surface area contributed by atoms with Gasteiger partial charge in [0.25, 0.3) is 0 Å². The summed E-state index contributed by atoms with van der Waals surface area (Å²) in [5, 5.41) is 0. The van der Waals surface area contributed by atoms with Crippen molar-refractivity contribution in [2.75, 3.05) is 20.8 Å². The molecule has 1 atom stereocenters. The highest BCUT2D eigenvalue weighted by atomic mass is 19.1. The van der Waals surface area contributed by atoms with Crippen molar-refractivity contribution in [3.8, 4) is 0 Å². The van der Waals surface area contributed by atoms with E-state index in [1.807, 2.05) is 49.3 Å². The maximum absolute atomic E-state index is 12.6. The molecule has 1 nitrogen and oxygen atoms in total. The number of hydrogen-bond donors (Lipinski definition) is 0. The highest BCUT2D eigenvalue weighted by Crippen LogP contribution is 2.17. The lowest BCUT2D eigenvalue weighted by Gasteiger charge is -2.21. The van der Waals surface area contributed by atoms with E-state index in [0.717, 1.165) is 5.56 Å². The second kappa shape index (κ2) is 4.21. The largest absolute Gasteiger partial charge is 0.300 e. The van der Waals surface area contributed by atoms with Gasteiger partial charge >= 0.3 is 0 Å². The van der Waals surface area contributed by atoms with Gasteiger partial charge in [0.2, 0.25) is 0 Å². The molecule has 0 N–H and O–H groups in total. The molecule has 0 amide bonds. The fourth-order valence-electron chi connectivity index (χ4n) is 1.20. The van der Waals surface area contributed by atoms with Crippen LogP contribution in [0.3, 0.4) is 0 Å². The van der Waals surface area contributed by atoms with Crippen LogP contribution in [0.4, 0.5) is 4.39 Å². The second-order valence-corrected chi connectivity index (χ2v) is 3.04. The Labute approximate surface area is 72.8 Å². The third kappa shape index (κ3) is 2.05. The van der Waals surface area contributed by atoms with Crippen LogP contribution in [0.25, 0.3) is 0 Å². The number of rotatable bonds is 3. The van der Waals surface area contributed by atoms with Crippen LogP contribution in [0.15, 0.2) is 30.3 Å². The van der Waals surface area contributed by atoms with Crippen LogP contribution in [-0.4, -0.2) is 25.7 Å². The molecule has 0 bridgehead atoms. The monoisotopic (exact) mass is 167 g/mol. The maximum atomic E-state index is 12.6. The van der Waals surface area contributed by atoms with E-state index in [9.17, 15) is 4.39 Å². The smallest absolute Gasteiger partial charge is 0.109 e. The Morgan fingerprint density at radius 2 is 1.83 bits per heavy atom. The number of nitrogens with zero attached hydrogens (tertiary/aromatic N) is 1. The molecule has 1 rings (SSSR count). The van der Waals surface area contributed by atoms with Crippen molar-refractivity contribution in [2.24, 2.45) is 0 Å². The quantitative estimate of drug-likeness (QED) is 0.667.